The summed E-state index contributed by atoms with van der Waals surface area (Å²) in [5.41, 5.74) is 2.84. The van der Waals surface area contributed by atoms with Gasteiger partial charge >= 0.3 is 0 Å². The van der Waals surface area contributed by atoms with Crippen molar-refractivity contribution in [1.82, 2.24) is 15.6 Å². The molecule has 0 radical (unpaired) electrons. The number of amides is 1. The number of carbonyl (C=O) groups is 1. The normalized spacial score (nSPS) is 18.0. The number of oxazole rings is 1. The van der Waals surface area contributed by atoms with E-state index in [1.165, 1.54) is 6.42 Å². The van der Waals surface area contributed by atoms with E-state index >= 15 is 0 Å². The highest BCUT2D eigenvalue weighted by molar-refractivity contribution is 5.76. The van der Waals surface area contributed by atoms with E-state index in [4.69, 9.17) is 4.42 Å². The molecule has 1 aromatic heterocycles. The van der Waals surface area contributed by atoms with Crippen LogP contribution in [-0.4, -0.2) is 30.5 Å². The van der Waals surface area contributed by atoms with Crippen molar-refractivity contribution in [2.24, 2.45) is 5.92 Å². The molecular formula is C17H23N3O2. The Morgan fingerprint density at radius 2 is 2.41 bits per heavy atom. The van der Waals surface area contributed by atoms with Crippen LogP contribution >= 0.6 is 0 Å². The van der Waals surface area contributed by atoms with Gasteiger partial charge in [-0.05, 0) is 50.4 Å². The van der Waals surface area contributed by atoms with Gasteiger partial charge in [0.1, 0.15) is 5.52 Å². The number of aryl methyl sites for hydroxylation is 1. The lowest BCUT2D eigenvalue weighted by Gasteiger charge is -2.07. The van der Waals surface area contributed by atoms with Crippen LogP contribution < -0.4 is 10.6 Å². The number of rotatable bonds is 6. The van der Waals surface area contributed by atoms with Crippen LogP contribution in [0.15, 0.2) is 22.6 Å². The summed E-state index contributed by atoms with van der Waals surface area (Å²) in [6.45, 7) is 4.74. The van der Waals surface area contributed by atoms with Crippen molar-refractivity contribution < 1.29 is 9.21 Å². The molecule has 0 saturated carbocycles. The Hall–Kier alpha value is -1.88. The fraction of sp³-hybridized carbons (Fsp3) is 0.529. The zero-order valence-electron chi connectivity index (χ0n) is 13.0. The topological polar surface area (TPSA) is 67.2 Å². The second kappa shape index (κ2) is 6.92. The molecule has 1 aromatic carbocycles. The Balaban J connectivity index is 1.43. The first-order valence-corrected chi connectivity index (χ1v) is 8.05. The SMILES string of the molecule is Cc1cccc2oc(CCNC(=O)CCC3CCNC3)nc12. The molecule has 2 N–H and O–H groups in total. The van der Waals surface area contributed by atoms with E-state index in [-0.39, 0.29) is 5.91 Å². The minimum absolute atomic E-state index is 0.124. The fourth-order valence-electron chi connectivity index (χ4n) is 2.93. The monoisotopic (exact) mass is 301 g/mol. The van der Waals surface area contributed by atoms with Gasteiger partial charge in [0.15, 0.2) is 11.5 Å². The first kappa shape index (κ1) is 15.0. The Labute approximate surface area is 130 Å². The number of nitrogens with one attached hydrogen (secondary N) is 2. The molecule has 2 heterocycles. The highest BCUT2D eigenvalue weighted by atomic mass is 16.3. The summed E-state index contributed by atoms with van der Waals surface area (Å²) in [5.74, 6) is 1.47. The van der Waals surface area contributed by atoms with Crippen LogP contribution in [0.1, 0.15) is 30.7 Å². The van der Waals surface area contributed by atoms with E-state index in [2.05, 4.69) is 15.6 Å². The summed E-state index contributed by atoms with van der Waals surface area (Å²) >= 11 is 0. The van der Waals surface area contributed by atoms with E-state index in [0.717, 1.165) is 36.2 Å². The van der Waals surface area contributed by atoms with Crippen LogP contribution in [-0.2, 0) is 11.2 Å². The summed E-state index contributed by atoms with van der Waals surface area (Å²) < 4.78 is 5.70. The fourth-order valence-corrected chi connectivity index (χ4v) is 2.93. The van der Waals surface area contributed by atoms with Gasteiger partial charge in [0.25, 0.3) is 0 Å². The molecule has 0 spiro atoms. The van der Waals surface area contributed by atoms with Gasteiger partial charge in [-0.2, -0.15) is 0 Å². The van der Waals surface area contributed by atoms with E-state index in [1.807, 2.05) is 25.1 Å². The van der Waals surface area contributed by atoms with Crippen LogP contribution in [0.25, 0.3) is 11.1 Å². The number of hydrogen-bond acceptors (Lipinski definition) is 4. The lowest BCUT2D eigenvalue weighted by molar-refractivity contribution is -0.121. The van der Waals surface area contributed by atoms with E-state index in [9.17, 15) is 4.79 Å². The molecule has 1 aliphatic heterocycles. The predicted molar refractivity (Wildman–Crippen MR) is 85.7 cm³/mol. The first-order chi connectivity index (χ1) is 10.7. The molecule has 0 bridgehead atoms. The average Bonchev–Trinajstić information content (AvgIpc) is 3.14. The van der Waals surface area contributed by atoms with E-state index in [1.54, 1.807) is 0 Å². The number of nitrogens with zero attached hydrogens (tertiary/aromatic N) is 1. The van der Waals surface area contributed by atoms with Crippen molar-refractivity contribution >= 4 is 17.0 Å². The zero-order chi connectivity index (χ0) is 15.4. The van der Waals surface area contributed by atoms with E-state index < -0.39 is 0 Å². The predicted octanol–water partition coefficient (Wildman–Crippen LogP) is 2.18. The lowest BCUT2D eigenvalue weighted by Crippen LogP contribution is -2.26. The molecular weight excluding hydrogens is 278 g/mol. The van der Waals surface area contributed by atoms with Gasteiger partial charge in [-0.15, -0.1) is 0 Å². The van der Waals surface area contributed by atoms with Gasteiger partial charge < -0.3 is 15.1 Å². The quantitative estimate of drug-likeness (QED) is 0.858. The van der Waals surface area contributed by atoms with Crippen molar-refractivity contribution in [3.63, 3.8) is 0 Å². The maximum atomic E-state index is 11.8. The molecule has 118 valence electrons. The third kappa shape index (κ3) is 3.65. The number of benzene rings is 1. The van der Waals surface area contributed by atoms with Gasteiger partial charge in [-0.25, -0.2) is 4.98 Å². The molecule has 1 atom stereocenters. The highest BCUT2D eigenvalue weighted by Crippen LogP contribution is 2.19. The smallest absolute Gasteiger partial charge is 0.220 e. The molecule has 2 aromatic rings. The van der Waals surface area contributed by atoms with Crippen molar-refractivity contribution in [2.45, 2.75) is 32.6 Å². The molecule has 1 amide bonds. The molecule has 5 nitrogen and oxygen atoms in total. The van der Waals surface area contributed by atoms with E-state index in [0.29, 0.717) is 31.2 Å². The van der Waals surface area contributed by atoms with Crippen molar-refractivity contribution in [3.8, 4) is 0 Å². The summed E-state index contributed by atoms with van der Waals surface area (Å²) in [4.78, 5) is 16.3. The Morgan fingerprint density at radius 3 is 3.18 bits per heavy atom. The molecule has 5 heteroatoms. The molecule has 1 fully saturated rings. The zero-order valence-corrected chi connectivity index (χ0v) is 13.0. The summed E-state index contributed by atoms with van der Waals surface area (Å²) in [5, 5.41) is 6.28. The van der Waals surface area contributed by atoms with Gasteiger partial charge in [-0.3, -0.25) is 4.79 Å². The minimum Gasteiger partial charge on any atom is -0.441 e. The summed E-state index contributed by atoms with van der Waals surface area (Å²) in [6, 6.07) is 5.91. The highest BCUT2D eigenvalue weighted by Gasteiger charge is 2.15. The second-order valence-corrected chi connectivity index (χ2v) is 6.03. The third-order valence-corrected chi connectivity index (χ3v) is 4.27. The number of hydrogen-bond donors (Lipinski definition) is 2. The first-order valence-electron chi connectivity index (χ1n) is 8.05. The second-order valence-electron chi connectivity index (χ2n) is 6.03. The van der Waals surface area contributed by atoms with Gasteiger partial charge in [0.2, 0.25) is 5.91 Å². The third-order valence-electron chi connectivity index (χ3n) is 4.27. The number of aromatic nitrogens is 1. The standard InChI is InChI=1S/C17H23N3O2/c1-12-3-2-4-14-17(12)20-16(22-14)8-10-19-15(21)6-5-13-7-9-18-11-13/h2-4,13,18H,5-11H2,1H3,(H,19,21). The largest absolute Gasteiger partial charge is 0.441 e. The average molecular weight is 301 g/mol. The Morgan fingerprint density at radius 1 is 1.50 bits per heavy atom. The van der Waals surface area contributed by atoms with Crippen LogP contribution in [0.4, 0.5) is 0 Å². The number of fused-ring (bicyclic) bond motifs is 1. The van der Waals surface area contributed by atoms with Crippen LogP contribution in [0.2, 0.25) is 0 Å². The maximum Gasteiger partial charge on any atom is 0.220 e. The van der Waals surface area contributed by atoms with Crippen LogP contribution in [0, 0.1) is 12.8 Å². The van der Waals surface area contributed by atoms with Gasteiger partial charge in [0.05, 0.1) is 0 Å². The Bertz CT molecular complexity index is 644. The molecule has 1 saturated heterocycles. The molecule has 22 heavy (non-hydrogen) atoms. The lowest BCUT2D eigenvalue weighted by atomic mass is 10.0. The molecule has 3 rings (SSSR count). The molecule has 1 unspecified atom stereocenters. The van der Waals surface area contributed by atoms with Gasteiger partial charge in [-0.1, -0.05) is 12.1 Å². The van der Waals surface area contributed by atoms with Crippen molar-refractivity contribution in [2.75, 3.05) is 19.6 Å². The number of para-hydroxylation sites is 1. The van der Waals surface area contributed by atoms with Gasteiger partial charge in [0, 0.05) is 19.4 Å². The molecule has 0 aliphatic carbocycles. The maximum absolute atomic E-state index is 11.8. The molecule has 1 aliphatic rings. The van der Waals surface area contributed by atoms with Crippen LogP contribution in [0.5, 0.6) is 0 Å². The van der Waals surface area contributed by atoms with Crippen LogP contribution in [0.3, 0.4) is 0 Å². The summed E-state index contributed by atoms with van der Waals surface area (Å²) in [7, 11) is 0. The Kier molecular flexibility index (Phi) is 4.73. The van der Waals surface area contributed by atoms with Crippen molar-refractivity contribution in [3.05, 3.63) is 29.7 Å². The number of carbonyl (C=O) groups excluding carboxylic acids is 1. The summed E-state index contributed by atoms with van der Waals surface area (Å²) in [6.07, 6.45) is 3.40. The minimum atomic E-state index is 0.124. The van der Waals surface area contributed by atoms with Crippen molar-refractivity contribution in [1.29, 1.82) is 0 Å².